The van der Waals surface area contributed by atoms with Crippen molar-refractivity contribution in [2.45, 2.75) is 58.0 Å². The summed E-state index contributed by atoms with van der Waals surface area (Å²) < 4.78 is 32.2. The van der Waals surface area contributed by atoms with Crippen LogP contribution in [0.25, 0.3) is 11.1 Å². The van der Waals surface area contributed by atoms with Gasteiger partial charge in [-0.25, -0.2) is 4.39 Å². The van der Waals surface area contributed by atoms with Crippen LogP contribution in [0.1, 0.15) is 62.5 Å². The maximum atomic E-state index is 14.7. The van der Waals surface area contributed by atoms with Gasteiger partial charge in [0, 0.05) is 11.1 Å². The molecule has 0 aliphatic heterocycles. The van der Waals surface area contributed by atoms with E-state index in [4.69, 9.17) is 14.2 Å². The number of benzene rings is 3. The van der Waals surface area contributed by atoms with Crippen LogP contribution in [-0.2, 0) is 11.4 Å². The summed E-state index contributed by atoms with van der Waals surface area (Å²) in [5, 5.41) is 9.42. The summed E-state index contributed by atoms with van der Waals surface area (Å²) in [4.78, 5) is 11.5. The lowest BCUT2D eigenvalue weighted by atomic mass is 9.72. The highest BCUT2D eigenvalue weighted by molar-refractivity contribution is 5.72. The Hall–Kier alpha value is -3.54. The zero-order valence-electron chi connectivity index (χ0n) is 21.5. The topological polar surface area (TPSA) is 65.0 Å². The van der Waals surface area contributed by atoms with Gasteiger partial charge in [0.05, 0.1) is 20.1 Å². The minimum atomic E-state index is -0.772. The van der Waals surface area contributed by atoms with Crippen molar-refractivity contribution in [1.29, 1.82) is 0 Å². The number of rotatable bonds is 13. The molecule has 1 fully saturated rings. The first kappa shape index (κ1) is 26.5. The number of methoxy groups -OCH3 is 1. The van der Waals surface area contributed by atoms with Gasteiger partial charge in [-0.3, -0.25) is 4.79 Å². The highest BCUT2D eigenvalue weighted by Crippen LogP contribution is 2.42. The number of ether oxygens (including phenoxy) is 3. The van der Waals surface area contributed by atoms with Gasteiger partial charge in [-0.15, -0.1) is 0 Å². The predicted molar refractivity (Wildman–Crippen MR) is 142 cm³/mol. The van der Waals surface area contributed by atoms with Crippen LogP contribution in [0.5, 0.6) is 17.2 Å². The zero-order chi connectivity index (χ0) is 26.2. The first-order valence-corrected chi connectivity index (χ1v) is 13.0. The SMILES string of the molecule is CCCCOc1cc(COc2cccc([C@@H](CC(=O)O)C3CCC3)c2)ccc1-c1cc(OC)ccc1F. The number of hydrogen-bond acceptors (Lipinski definition) is 4. The molecule has 0 spiro atoms. The Kier molecular flexibility index (Phi) is 9.04. The third-order valence-corrected chi connectivity index (χ3v) is 7.07. The Bertz CT molecular complexity index is 1200. The van der Waals surface area contributed by atoms with Crippen LogP contribution in [0.2, 0.25) is 0 Å². The molecule has 196 valence electrons. The summed E-state index contributed by atoms with van der Waals surface area (Å²) in [5.74, 6) is 1.18. The maximum absolute atomic E-state index is 14.7. The molecule has 5 nitrogen and oxygen atoms in total. The van der Waals surface area contributed by atoms with Crippen LogP contribution in [0, 0.1) is 11.7 Å². The molecule has 0 heterocycles. The minimum absolute atomic E-state index is 0.00501. The van der Waals surface area contributed by atoms with Crippen molar-refractivity contribution in [2.24, 2.45) is 5.92 Å². The molecule has 1 aliphatic carbocycles. The highest BCUT2D eigenvalue weighted by atomic mass is 19.1. The summed E-state index contributed by atoms with van der Waals surface area (Å²) in [6.45, 7) is 2.94. The second-order valence-electron chi connectivity index (χ2n) is 9.63. The third-order valence-electron chi connectivity index (χ3n) is 7.07. The van der Waals surface area contributed by atoms with E-state index in [9.17, 15) is 14.3 Å². The van der Waals surface area contributed by atoms with Crippen LogP contribution in [-0.4, -0.2) is 24.8 Å². The van der Waals surface area contributed by atoms with Crippen molar-refractivity contribution in [2.75, 3.05) is 13.7 Å². The number of aliphatic carboxylic acids is 1. The minimum Gasteiger partial charge on any atom is -0.497 e. The Morgan fingerprint density at radius 3 is 2.57 bits per heavy atom. The lowest BCUT2D eigenvalue weighted by Gasteiger charge is -2.33. The van der Waals surface area contributed by atoms with Crippen molar-refractivity contribution in [3.63, 3.8) is 0 Å². The van der Waals surface area contributed by atoms with E-state index in [1.165, 1.54) is 6.07 Å². The van der Waals surface area contributed by atoms with Crippen LogP contribution >= 0.6 is 0 Å². The fourth-order valence-corrected chi connectivity index (χ4v) is 4.75. The summed E-state index contributed by atoms with van der Waals surface area (Å²) in [6.07, 6.45) is 5.33. The molecule has 0 amide bonds. The molecule has 3 aromatic carbocycles. The third kappa shape index (κ3) is 6.82. The normalized spacial score (nSPS) is 14.0. The molecule has 0 aromatic heterocycles. The monoisotopic (exact) mass is 506 g/mol. The fraction of sp³-hybridized carbons (Fsp3) is 0.387. The van der Waals surface area contributed by atoms with Gasteiger partial charge >= 0.3 is 5.97 Å². The van der Waals surface area contributed by atoms with E-state index < -0.39 is 5.97 Å². The maximum Gasteiger partial charge on any atom is 0.303 e. The average molecular weight is 507 g/mol. The van der Waals surface area contributed by atoms with E-state index in [2.05, 4.69) is 6.92 Å². The van der Waals surface area contributed by atoms with Gasteiger partial charge in [-0.05, 0) is 78.6 Å². The quantitative estimate of drug-likeness (QED) is 0.242. The van der Waals surface area contributed by atoms with Crippen molar-refractivity contribution >= 4 is 5.97 Å². The van der Waals surface area contributed by atoms with Crippen LogP contribution in [0.3, 0.4) is 0 Å². The van der Waals surface area contributed by atoms with E-state index in [-0.39, 0.29) is 18.2 Å². The van der Waals surface area contributed by atoms with Gasteiger partial charge in [-0.1, -0.05) is 44.0 Å². The fourth-order valence-electron chi connectivity index (χ4n) is 4.75. The number of hydrogen-bond donors (Lipinski definition) is 1. The molecule has 0 bridgehead atoms. The summed E-state index contributed by atoms with van der Waals surface area (Å²) in [7, 11) is 1.56. The molecule has 3 aromatic rings. The van der Waals surface area contributed by atoms with E-state index >= 15 is 0 Å². The smallest absolute Gasteiger partial charge is 0.303 e. The molecule has 0 unspecified atom stereocenters. The summed E-state index contributed by atoms with van der Waals surface area (Å²) >= 11 is 0. The molecule has 1 N–H and O–H groups in total. The second kappa shape index (κ2) is 12.6. The van der Waals surface area contributed by atoms with Gasteiger partial charge in [0.15, 0.2) is 0 Å². The van der Waals surface area contributed by atoms with Gasteiger partial charge < -0.3 is 19.3 Å². The van der Waals surface area contributed by atoms with Gasteiger partial charge in [-0.2, -0.15) is 0 Å². The van der Waals surface area contributed by atoms with E-state index in [0.29, 0.717) is 47.5 Å². The molecule has 37 heavy (non-hydrogen) atoms. The second-order valence-corrected chi connectivity index (χ2v) is 9.63. The number of halogens is 1. The van der Waals surface area contributed by atoms with Crippen molar-refractivity contribution < 1.29 is 28.5 Å². The molecule has 6 heteroatoms. The molecule has 1 aliphatic rings. The predicted octanol–water partition coefficient (Wildman–Crippen LogP) is 7.62. The van der Waals surface area contributed by atoms with E-state index in [1.54, 1.807) is 19.2 Å². The van der Waals surface area contributed by atoms with Gasteiger partial charge in [0.2, 0.25) is 0 Å². The largest absolute Gasteiger partial charge is 0.497 e. The Labute approximate surface area is 218 Å². The van der Waals surface area contributed by atoms with Gasteiger partial charge in [0.25, 0.3) is 0 Å². The first-order valence-electron chi connectivity index (χ1n) is 13.0. The van der Waals surface area contributed by atoms with Crippen molar-refractivity contribution in [1.82, 2.24) is 0 Å². The lowest BCUT2D eigenvalue weighted by molar-refractivity contribution is -0.138. The lowest BCUT2D eigenvalue weighted by Crippen LogP contribution is -2.22. The zero-order valence-corrected chi connectivity index (χ0v) is 21.5. The molecule has 4 rings (SSSR count). The molecule has 0 radical (unpaired) electrons. The van der Waals surface area contributed by atoms with Gasteiger partial charge in [0.1, 0.15) is 29.7 Å². The standard InChI is InChI=1S/C31H35FO5/c1-3-4-15-36-30-16-21(11-13-26(30)28-18-24(35-2)12-14-29(28)32)20-37-25-10-6-9-23(17-25)27(19-31(33)34)22-7-5-8-22/h6,9-14,16-18,22,27H,3-5,7-8,15,19-20H2,1-2H3,(H,33,34)/t27-/m0/s1. The van der Waals surface area contributed by atoms with Crippen molar-refractivity contribution in [3.8, 4) is 28.4 Å². The number of carbonyl (C=O) groups is 1. The molecule has 1 saturated carbocycles. The summed E-state index contributed by atoms with van der Waals surface area (Å²) in [5.41, 5.74) is 2.99. The highest BCUT2D eigenvalue weighted by Gasteiger charge is 2.30. The van der Waals surface area contributed by atoms with Crippen LogP contribution in [0.4, 0.5) is 4.39 Å². The number of carboxylic acid groups (broad SMARTS) is 1. The Balaban J connectivity index is 1.54. The molecule has 1 atom stereocenters. The number of unbranched alkanes of at least 4 members (excludes halogenated alkanes) is 1. The Morgan fingerprint density at radius 1 is 1.03 bits per heavy atom. The Morgan fingerprint density at radius 2 is 1.86 bits per heavy atom. The average Bonchev–Trinajstić information content (AvgIpc) is 2.87. The van der Waals surface area contributed by atoms with Crippen LogP contribution in [0.15, 0.2) is 60.7 Å². The summed E-state index contributed by atoms with van der Waals surface area (Å²) in [6, 6.07) is 18.1. The molecular formula is C31H35FO5. The molecular weight excluding hydrogens is 471 g/mol. The van der Waals surface area contributed by atoms with Crippen molar-refractivity contribution in [3.05, 3.63) is 77.6 Å². The van der Waals surface area contributed by atoms with Crippen LogP contribution < -0.4 is 14.2 Å². The first-order chi connectivity index (χ1) is 18.0. The van der Waals surface area contributed by atoms with E-state index in [1.807, 2.05) is 42.5 Å². The molecule has 0 saturated heterocycles. The number of carboxylic acids is 1. The van der Waals surface area contributed by atoms with E-state index in [0.717, 1.165) is 43.2 Å².